The van der Waals surface area contributed by atoms with E-state index in [1.54, 1.807) is 11.6 Å². The fourth-order valence-corrected chi connectivity index (χ4v) is 1.40. The molecule has 78 valence electrons. The van der Waals surface area contributed by atoms with Crippen LogP contribution in [0.5, 0.6) is 0 Å². The molecule has 1 aromatic rings. The summed E-state index contributed by atoms with van der Waals surface area (Å²) in [6.07, 6.45) is 1.38. The van der Waals surface area contributed by atoms with Gasteiger partial charge in [0.15, 0.2) is 0 Å². The molecule has 0 amide bonds. The first-order valence-electron chi connectivity index (χ1n) is 4.61. The third-order valence-electron chi connectivity index (χ3n) is 2.23. The zero-order chi connectivity index (χ0) is 10.7. The Bertz CT molecular complexity index is 329. The van der Waals surface area contributed by atoms with E-state index in [1.807, 2.05) is 18.7 Å². The normalized spacial score (nSPS) is 10.2. The van der Waals surface area contributed by atoms with Crippen LogP contribution in [0.25, 0.3) is 0 Å². The van der Waals surface area contributed by atoms with Gasteiger partial charge in [0.2, 0.25) is 5.95 Å². The van der Waals surface area contributed by atoms with E-state index in [0.717, 1.165) is 13.1 Å². The number of hydrogen-bond donors (Lipinski definition) is 1. The summed E-state index contributed by atoms with van der Waals surface area (Å²) in [5.41, 5.74) is 0.215. The van der Waals surface area contributed by atoms with Crippen LogP contribution >= 0.6 is 0 Å². The van der Waals surface area contributed by atoms with Gasteiger partial charge in [0.25, 0.3) is 0 Å². The molecule has 1 rings (SSSR count). The Morgan fingerprint density at radius 3 is 2.50 bits per heavy atom. The fourth-order valence-electron chi connectivity index (χ4n) is 1.40. The Morgan fingerprint density at radius 2 is 2.14 bits per heavy atom. The molecule has 0 saturated carbocycles. The van der Waals surface area contributed by atoms with Crippen molar-refractivity contribution in [2.45, 2.75) is 13.8 Å². The van der Waals surface area contributed by atoms with Crippen LogP contribution in [0.3, 0.4) is 0 Å². The number of hydrogen-bond acceptors (Lipinski definition) is 3. The molecule has 0 unspecified atom stereocenters. The van der Waals surface area contributed by atoms with Crippen LogP contribution in [0.4, 0.5) is 5.95 Å². The summed E-state index contributed by atoms with van der Waals surface area (Å²) < 4.78 is 1.59. The molecule has 1 N–H and O–H groups in total. The van der Waals surface area contributed by atoms with Crippen molar-refractivity contribution in [2.24, 2.45) is 7.05 Å². The highest BCUT2D eigenvalue weighted by Crippen LogP contribution is 2.13. The summed E-state index contributed by atoms with van der Waals surface area (Å²) in [5, 5.41) is 8.83. The standard InChI is InChI=1S/C9H15N3O2/c1-4-12(5-2)9-10-6-7(8(13)14)11(9)3/h6H,4-5H2,1-3H3,(H,13,14). The highest BCUT2D eigenvalue weighted by Gasteiger charge is 2.15. The molecule has 0 aliphatic heterocycles. The molecule has 0 aromatic carbocycles. The molecule has 5 nitrogen and oxygen atoms in total. The first kappa shape index (κ1) is 10.6. The third kappa shape index (κ3) is 1.71. The van der Waals surface area contributed by atoms with Gasteiger partial charge in [-0.1, -0.05) is 0 Å². The average molecular weight is 197 g/mol. The molecular weight excluding hydrogens is 182 g/mol. The number of anilines is 1. The van der Waals surface area contributed by atoms with Gasteiger partial charge in [-0.15, -0.1) is 0 Å². The third-order valence-corrected chi connectivity index (χ3v) is 2.23. The highest BCUT2D eigenvalue weighted by atomic mass is 16.4. The maximum absolute atomic E-state index is 10.8. The monoisotopic (exact) mass is 197 g/mol. The van der Waals surface area contributed by atoms with E-state index in [4.69, 9.17) is 5.11 Å². The molecule has 0 fully saturated rings. The maximum Gasteiger partial charge on any atom is 0.354 e. The van der Waals surface area contributed by atoms with Crippen molar-refractivity contribution in [1.82, 2.24) is 9.55 Å². The Balaban J connectivity index is 3.05. The van der Waals surface area contributed by atoms with Crippen LogP contribution in [0.2, 0.25) is 0 Å². The molecule has 0 spiro atoms. The van der Waals surface area contributed by atoms with E-state index < -0.39 is 5.97 Å². The van der Waals surface area contributed by atoms with Crippen LogP contribution in [0, 0.1) is 0 Å². The summed E-state index contributed by atoms with van der Waals surface area (Å²) in [7, 11) is 1.71. The highest BCUT2D eigenvalue weighted by molar-refractivity contribution is 5.86. The van der Waals surface area contributed by atoms with Crippen molar-refractivity contribution in [3.05, 3.63) is 11.9 Å². The molecule has 14 heavy (non-hydrogen) atoms. The summed E-state index contributed by atoms with van der Waals surface area (Å²) in [5.74, 6) is -0.245. The average Bonchev–Trinajstić information content (AvgIpc) is 2.51. The zero-order valence-electron chi connectivity index (χ0n) is 8.69. The molecule has 5 heteroatoms. The van der Waals surface area contributed by atoms with E-state index in [-0.39, 0.29) is 5.69 Å². The van der Waals surface area contributed by atoms with Crippen molar-refractivity contribution in [3.63, 3.8) is 0 Å². The van der Waals surface area contributed by atoms with Crippen LogP contribution in [0.15, 0.2) is 6.20 Å². The van der Waals surface area contributed by atoms with E-state index >= 15 is 0 Å². The summed E-state index contributed by atoms with van der Waals surface area (Å²) in [6.45, 7) is 5.66. The second kappa shape index (κ2) is 4.13. The van der Waals surface area contributed by atoms with Crippen LogP contribution in [-0.4, -0.2) is 33.7 Å². The van der Waals surface area contributed by atoms with Gasteiger partial charge in [0.05, 0.1) is 6.20 Å². The number of carbonyl (C=O) groups is 1. The number of imidazole rings is 1. The van der Waals surface area contributed by atoms with Gasteiger partial charge in [-0.2, -0.15) is 0 Å². The summed E-state index contributed by atoms with van der Waals surface area (Å²) in [6, 6.07) is 0. The Labute approximate surface area is 83.0 Å². The number of carboxylic acids is 1. The van der Waals surface area contributed by atoms with E-state index in [1.165, 1.54) is 6.20 Å². The van der Waals surface area contributed by atoms with Crippen molar-refractivity contribution in [2.75, 3.05) is 18.0 Å². The molecule has 0 saturated heterocycles. The first-order valence-corrected chi connectivity index (χ1v) is 4.61. The quantitative estimate of drug-likeness (QED) is 0.781. The van der Waals surface area contributed by atoms with Crippen molar-refractivity contribution >= 4 is 11.9 Å². The number of nitrogens with zero attached hydrogens (tertiary/aromatic N) is 3. The Morgan fingerprint density at radius 1 is 1.57 bits per heavy atom. The van der Waals surface area contributed by atoms with Crippen LogP contribution in [0.1, 0.15) is 24.3 Å². The van der Waals surface area contributed by atoms with Crippen molar-refractivity contribution in [3.8, 4) is 0 Å². The van der Waals surface area contributed by atoms with Crippen LogP contribution < -0.4 is 4.90 Å². The molecule has 1 aromatic heterocycles. The largest absolute Gasteiger partial charge is 0.477 e. The molecule has 0 aliphatic rings. The Hall–Kier alpha value is -1.52. The van der Waals surface area contributed by atoms with Gasteiger partial charge in [-0.3, -0.25) is 0 Å². The number of rotatable bonds is 4. The predicted octanol–water partition coefficient (Wildman–Crippen LogP) is 0.964. The minimum Gasteiger partial charge on any atom is -0.477 e. The molecule has 0 bridgehead atoms. The van der Waals surface area contributed by atoms with Gasteiger partial charge >= 0.3 is 5.97 Å². The van der Waals surface area contributed by atoms with Gasteiger partial charge in [0.1, 0.15) is 5.69 Å². The number of carboxylic acid groups (broad SMARTS) is 1. The molecule has 0 atom stereocenters. The Kier molecular flexibility index (Phi) is 3.11. The van der Waals surface area contributed by atoms with Gasteiger partial charge < -0.3 is 14.6 Å². The predicted molar refractivity (Wildman–Crippen MR) is 53.7 cm³/mol. The zero-order valence-corrected chi connectivity index (χ0v) is 8.69. The van der Waals surface area contributed by atoms with Gasteiger partial charge in [-0.25, -0.2) is 9.78 Å². The van der Waals surface area contributed by atoms with E-state index in [0.29, 0.717) is 5.95 Å². The fraction of sp³-hybridized carbons (Fsp3) is 0.556. The summed E-state index contributed by atoms with van der Waals surface area (Å²) >= 11 is 0. The lowest BCUT2D eigenvalue weighted by Gasteiger charge is -2.19. The minimum atomic E-state index is -0.946. The summed E-state index contributed by atoms with van der Waals surface area (Å²) in [4.78, 5) is 16.8. The van der Waals surface area contributed by atoms with E-state index in [9.17, 15) is 4.79 Å². The topological polar surface area (TPSA) is 58.4 Å². The number of aromatic nitrogens is 2. The lowest BCUT2D eigenvalue weighted by Crippen LogP contribution is -2.25. The minimum absolute atomic E-state index is 0.215. The molecular formula is C9H15N3O2. The lowest BCUT2D eigenvalue weighted by atomic mass is 10.5. The van der Waals surface area contributed by atoms with Crippen molar-refractivity contribution in [1.29, 1.82) is 0 Å². The maximum atomic E-state index is 10.8. The molecule has 1 heterocycles. The smallest absolute Gasteiger partial charge is 0.354 e. The first-order chi connectivity index (χ1) is 6.61. The second-order valence-corrected chi connectivity index (χ2v) is 2.98. The van der Waals surface area contributed by atoms with E-state index in [2.05, 4.69) is 4.98 Å². The molecule has 0 aliphatic carbocycles. The number of aromatic carboxylic acids is 1. The molecule has 0 radical (unpaired) electrons. The lowest BCUT2D eigenvalue weighted by molar-refractivity contribution is 0.0686. The second-order valence-electron chi connectivity index (χ2n) is 2.98. The van der Waals surface area contributed by atoms with Crippen LogP contribution in [-0.2, 0) is 7.05 Å². The van der Waals surface area contributed by atoms with Gasteiger partial charge in [-0.05, 0) is 13.8 Å². The van der Waals surface area contributed by atoms with Crippen molar-refractivity contribution < 1.29 is 9.90 Å². The van der Waals surface area contributed by atoms with Gasteiger partial charge in [0, 0.05) is 20.1 Å². The SMILES string of the molecule is CCN(CC)c1ncc(C(=O)O)n1C.